The van der Waals surface area contributed by atoms with E-state index in [-0.39, 0.29) is 0 Å². The number of halogens is 3. The van der Waals surface area contributed by atoms with Crippen molar-refractivity contribution in [3.63, 3.8) is 0 Å². The van der Waals surface area contributed by atoms with Gasteiger partial charge in [0.05, 0.1) is 16.8 Å². The first kappa shape index (κ1) is 21.2. The average Bonchev–Trinajstić information content (AvgIpc) is 3.22. The number of hydrogen-bond donors (Lipinski definition) is 2. The number of nitrogens with one attached hydrogen (secondary N) is 1. The predicted octanol–water partition coefficient (Wildman–Crippen LogP) is 5.65. The molecule has 162 valence electrons. The van der Waals surface area contributed by atoms with Crippen molar-refractivity contribution in [2.45, 2.75) is 25.4 Å². The number of rotatable bonds is 4. The van der Waals surface area contributed by atoms with Gasteiger partial charge < -0.3 is 10.6 Å². The Morgan fingerprint density at radius 1 is 1.10 bits per heavy atom. The van der Waals surface area contributed by atoms with Gasteiger partial charge in [-0.05, 0) is 49.6 Å². The van der Waals surface area contributed by atoms with E-state index >= 15 is 0 Å². The van der Waals surface area contributed by atoms with E-state index in [1.807, 2.05) is 6.07 Å². The number of nitrogens with two attached hydrogens (primary N) is 1. The minimum atomic E-state index is -4.43. The zero-order valence-corrected chi connectivity index (χ0v) is 17.4. The van der Waals surface area contributed by atoms with Crippen LogP contribution in [0.15, 0.2) is 47.8 Å². The Hall–Kier alpha value is -3.07. The predicted molar refractivity (Wildman–Crippen MR) is 117 cm³/mol. The highest BCUT2D eigenvalue weighted by atomic mass is 32.1. The van der Waals surface area contributed by atoms with Gasteiger partial charge in [-0.3, -0.25) is 10.1 Å². The molecule has 0 saturated carbocycles. The van der Waals surface area contributed by atoms with Crippen molar-refractivity contribution < 1.29 is 18.0 Å². The minimum Gasteiger partial charge on any atom is -0.398 e. The van der Waals surface area contributed by atoms with Crippen LogP contribution in [0, 0.1) is 0 Å². The van der Waals surface area contributed by atoms with Crippen LogP contribution >= 0.6 is 11.3 Å². The molecule has 0 atom stereocenters. The van der Waals surface area contributed by atoms with Crippen LogP contribution in [0.25, 0.3) is 11.3 Å². The number of carbonyl (C=O) groups excluding carboxylic acids is 1. The Labute approximate surface area is 181 Å². The van der Waals surface area contributed by atoms with Crippen molar-refractivity contribution in [3.05, 3.63) is 59.0 Å². The Bertz CT molecular complexity index is 1090. The molecule has 1 aromatic heterocycles. The molecule has 0 radical (unpaired) electrons. The minimum absolute atomic E-state index is 0.292. The third-order valence-electron chi connectivity index (χ3n) is 5.21. The number of hydrogen-bond acceptors (Lipinski definition) is 5. The number of piperidine rings is 1. The summed E-state index contributed by atoms with van der Waals surface area (Å²) in [5.74, 6) is -0.402. The first-order valence-electron chi connectivity index (χ1n) is 9.90. The highest BCUT2D eigenvalue weighted by Gasteiger charge is 2.30. The molecule has 1 fully saturated rings. The summed E-state index contributed by atoms with van der Waals surface area (Å²) in [6, 6.07) is 10.3. The Morgan fingerprint density at radius 3 is 2.61 bits per heavy atom. The maximum atomic E-state index is 13.0. The van der Waals surface area contributed by atoms with Crippen LogP contribution in [0.1, 0.15) is 35.2 Å². The van der Waals surface area contributed by atoms with Crippen LogP contribution in [0.5, 0.6) is 0 Å². The van der Waals surface area contributed by atoms with E-state index in [1.165, 1.54) is 12.5 Å². The van der Waals surface area contributed by atoms with Crippen LogP contribution < -0.4 is 16.0 Å². The maximum absolute atomic E-state index is 13.0. The molecule has 5 nitrogen and oxygen atoms in total. The summed E-state index contributed by atoms with van der Waals surface area (Å²) in [6.45, 7) is 1.88. The van der Waals surface area contributed by atoms with E-state index in [0.717, 1.165) is 55.1 Å². The van der Waals surface area contributed by atoms with E-state index in [4.69, 9.17) is 5.73 Å². The number of nitrogens with zero attached hydrogens (tertiary/aromatic N) is 2. The van der Waals surface area contributed by atoms with Gasteiger partial charge in [0.15, 0.2) is 5.13 Å². The van der Waals surface area contributed by atoms with Crippen LogP contribution in [-0.4, -0.2) is 24.0 Å². The molecule has 31 heavy (non-hydrogen) atoms. The number of carbonyl (C=O) groups is 1. The second-order valence-electron chi connectivity index (χ2n) is 7.39. The lowest BCUT2D eigenvalue weighted by Gasteiger charge is -2.29. The van der Waals surface area contributed by atoms with E-state index in [9.17, 15) is 18.0 Å². The van der Waals surface area contributed by atoms with E-state index in [2.05, 4.69) is 15.2 Å². The summed E-state index contributed by atoms with van der Waals surface area (Å²) in [4.78, 5) is 19.3. The van der Waals surface area contributed by atoms with E-state index in [0.29, 0.717) is 27.6 Å². The van der Waals surface area contributed by atoms with E-state index in [1.54, 1.807) is 23.6 Å². The first-order chi connectivity index (χ1) is 14.8. The van der Waals surface area contributed by atoms with Crippen molar-refractivity contribution in [3.8, 4) is 11.3 Å². The van der Waals surface area contributed by atoms with Crippen molar-refractivity contribution >= 4 is 33.8 Å². The third-order valence-corrected chi connectivity index (χ3v) is 5.97. The maximum Gasteiger partial charge on any atom is 0.416 e. The molecular formula is C22H21F3N4OS. The number of anilines is 3. The number of nitrogen functional groups attached to an aromatic ring is 1. The highest BCUT2D eigenvalue weighted by Crippen LogP contribution is 2.33. The molecule has 0 unspecified atom stereocenters. The average molecular weight is 446 g/mol. The fraction of sp³-hybridized carbons (Fsp3) is 0.273. The Kier molecular flexibility index (Phi) is 5.86. The number of amides is 1. The number of alkyl halides is 3. The largest absolute Gasteiger partial charge is 0.416 e. The van der Waals surface area contributed by atoms with Gasteiger partial charge in [0.2, 0.25) is 0 Å². The third kappa shape index (κ3) is 4.82. The van der Waals surface area contributed by atoms with Crippen molar-refractivity contribution in [2.24, 2.45) is 0 Å². The lowest BCUT2D eigenvalue weighted by molar-refractivity contribution is -0.137. The Morgan fingerprint density at radius 2 is 1.87 bits per heavy atom. The molecule has 4 rings (SSSR count). The second-order valence-corrected chi connectivity index (χ2v) is 8.25. The quantitative estimate of drug-likeness (QED) is 0.508. The summed E-state index contributed by atoms with van der Waals surface area (Å²) < 4.78 is 38.9. The smallest absolute Gasteiger partial charge is 0.398 e. The van der Waals surface area contributed by atoms with Gasteiger partial charge in [-0.15, -0.1) is 11.3 Å². The monoisotopic (exact) mass is 446 g/mol. The second kappa shape index (κ2) is 8.58. The van der Waals surface area contributed by atoms with Gasteiger partial charge in [0.1, 0.15) is 0 Å². The molecule has 3 aromatic rings. The summed E-state index contributed by atoms with van der Waals surface area (Å²) in [7, 11) is 0. The molecule has 0 bridgehead atoms. The fourth-order valence-electron chi connectivity index (χ4n) is 3.57. The molecule has 9 heteroatoms. The van der Waals surface area contributed by atoms with Crippen LogP contribution in [0.4, 0.5) is 29.7 Å². The van der Waals surface area contributed by atoms with Crippen LogP contribution in [0.2, 0.25) is 0 Å². The summed E-state index contributed by atoms with van der Waals surface area (Å²) in [5.41, 5.74) is 7.62. The normalized spacial score (nSPS) is 14.5. The van der Waals surface area contributed by atoms with Gasteiger partial charge in [-0.2, -0.15) is 13.2 Å². The van der Waals surface area contributed by atoms with Gasteiger partial charge in [0, 0.05) is 35.4 Å². The lowest BCUT2D eigenvalue weighted by Crippen LogP contribution is -2.29. The fourth-order valence-corrected chi connectivity index (χ4v) is 4.29. The molecule has 1 amide bonds. The standard InChI is InChI=1S/C22H21F3N4OS/c23-22(24,25)15-6-4-5-14(11-15)19-13-31-21(27-19)28-20(30)17-12-16(7-8-18(17)26)29-9-2-1-3-10-29/h4-8,11-13H,1-3,9-10,26H2,(H,27,28,30). The van der Waals surface area contributed by atoms with Crippen molar-refractivity contribution in [1.29, 1.82) is 0 Å². The molecule has 0 spiro atoms. The van der Waals surface area contributed by atoms with Gasteiger partial charge in [-0.25, -0.2) is 4.98 Å². The Balaban J connectivity index is 1.52. The molecule has 1 aliphatic heterocycles. The van der Waals surface area contributed by atoms with Crippen molar-refractivity contribution in [2.75, 3.05) is 29.0 Å². The topological polar surface area (TPSA) is 71.2 Å². The molecule has 2 heterocycles. The summed E-state index contributed by atoms with van der Waals surface area (Å²) in [5, 5.41) is 4.61. The van der Waals surface area contributed by atoms with Gasteiger partial charge in [-0.1, -0.05) is 12.1 Å². The van der Waals surface area contributed by atoms with Gasteiger partial charge >= 0.3 is 6.18 Å². The zero-order chi connectivity index (χ0) is 22.0. The van der Waals surface area contributed by atoms with Crippen molar-refractivity contribution in [1.82, 2.24) is 4.98 Å². The highest BCUT2D eigenvalue weighted by molar-refractivity contribution is 7.14. The summed E-state index contributed by atoms with van der Waals surface area (Å²) >= 11 is 1.14. The zero-order valence-electron chi connectivity index (χ0n) is 16.6. The molecule has 0 aliphatic carbocycles. The molecule has 2 aromatic carbocycles. The molecule has 1 saturated heterocycles. The molecular weight excluding hydrogens is 425 g/mol. The van der Waals surface area contributed by atoms with Gasteiger partial charge in [0.25, 0.3) is 5.91 Å². The molecule has 3 N–H and O–H groups in total. The lowest BCUT2D eigenvalue weighted by atomic mass is 10.1. The number of aromatic nitrogens is 1. The number of benzene rings is 2. The first-order valence-corrected chi connectivity index (χ1v) is 10.8. The summed E-state index contributed by atoms with van der Waals surface area (Å²) in [6.07, 6.45) is -0.996. The SMILES string of the molecule is Nc1ccc(N2CCCCC2)cc1C(=O)Nc1nc(-c2cccc(C(F)(F)F)c2)cs1. The van der Waals surface area contributed by atoms with E-state index < -0.39 is 17.6 Å². The van der Waals surface area contributed by atoms with Crippen LogP contribution in [-0.2, 0) is 6.18 Å². The number of thiazole rings is 1. The van der Waals surface area contributed by atoms with Crippen LogP contribution in [0.3, 0.4) is 0 Å². The molecule has 1 aliphatic rings.